The number of hydrogen-bond donors (Lipinski definition) is 0. The highest BCUT2D eigenvalue weighted by molar-refractivity contribution is 4.80. The fourth-order valence-electron chi connectivity index (χ4n) is 3.89. The van der Waals surface area contributed by atoms with Gasteiger partial charge in [-0.2, -0.15) is 0 Å². The molecule has 168 valence electrons. The molecule has 0 saturated carbocycles. The maximum absolute atomic E-state index is 12.9. The highest BCUT2D eigenvalue weighted by atomic mass is 16.6. The van der Waals surface area contributed by atoms with Crippen molar-refractivity contribution in [2.24, 2.45) is 0 Å². The van der Waals surface area contributed by atoms with Crippen molar-refractivity contribution in [3.63, 3.8) is 0 Å². The third-order valence-electron chi connectivity index (χ3n) is 6.07. The average Bonchev–Trinajstić information content (AvgIpc) is 3.58. The number of epoxide rings is 3. The van der Waals surface area contributed by atoms with Crippen LogP contribution in [0.2, 0.25) is 0 Å². The van der Waals surface area contributed by atoms with E-state index in [0.29, 0.717) is 37.9 Å². The molecule has 9 heteroatoms. The molecule has 30 heavy (non-hydrogen) atoms. The van der Waals surface area contributed by atoms with Gasteiger partial charge in [-0.05, 0) is 57.8 Å². The van der Waals surface area contributed by atoms with Crippen LogP contribution in [-0.2, 0) is 33.8 Å². The summed E-state index contributed by atoms with van der Waals surface area (Å²) in [4.78, 5) is 38.8. The summed E-state index contributed by atoms with van der Waals surface area (Å²) in [6.45, 7) is 3.48. The van der Waals surface area contributed by atoms with Gasteiger partial charge in [0.2, 0.25) is 0 Å². The van der Waals surface area contributed by atoms with E-state index in [-0.39, 0.29) is 0 Å². The first-order valence-electron chi connectivity index (χ1n) is 11.4. The van der Waals surface area contributed by atoms with E-state index < -0.39 is 17.1 Å². The van der Waals surface area contributed by atoms with E-state index in [2.05, 4.69) is 0 Å². The van der Waals surface area contributed by atoms with E-state index in [9.17, 15) is 14.4 Å². The third-order valence-corrected chi connectivity index (χ3v) is 6.07. The number of ether oxygens (including phenoxy) is 3. The van der Waals surface area contributed by atoms with Gasteiger partial charge < -0.3 is 14.2 Å². The van der Waals surface area contributed by atoms with E-state index in [0.717, 1.165) is 77.6 Å². The molecule has 3 aliphatic rings. The van der Waals surface area contributed by atoms with E-state index in [1.54, 1.807) is 0 Å². The lowest BCUT2D eigenvalue weighted by Gasteiger charge is -2.14. The van der Waals surface area contributed by atoms with Crippen LogP contribution in [0.3, 0.4) is 0 Å². The summed E-state index contributed by atoms with van der Waals surface area (Å²) in [6, 6.07) is 0. The molecule has 4 heterocycles. The molecule has 1 aromatic heterocycles. The van der Waals surface area contributed by atoms with Gasteiger partial charge in [-0.25, -0.2) is 28.1 Å². The number of aromatic nitrogens is 3. The van der Waals surface area contributed by atoms with Crippen molar-refractivity contribution in [2.45, 2.75) is 95.7 Å². The predicted octanol–water partition coefficient (Wildman–Crippen LogP) is 0.879. The van der Waals surface area contributed by atoms with E-state index in [1.807, 2.05) is 0 Å². The van der Waals surface area contributed by atoms with Gasteiger partial charge in [-0.1, -0.05) is 0 Å². The Morgan fingerprint density at radius 3 is 1.03 bits per heavy atom. The zero-order valence-electron chi connectivity index (χ0n) is 17.6. The van der Waals surface area contributed by atoms with Crippen LogP contribution >= 0.6 is 0 Å². The molecule has 0 aliphatic carbocycles. The van der Waals surface area contributed by atoms with Crippen LogP contribution in [0.15, 0.2) is 14.4 Å². The summed E-state index contributed by atoms with van der Waals surface area (Å²) in [5, 5.41) is 0. The minimum Gasteiger partial charge on any atom is -0.373 e. The van der Waals surface area contributed by atoms with Crippen LogP contribution in [0, 0.1) is 0 Å². The van der Waals surface area contributed by atoms with Crippen molar-refractivity contribution in [2.75, 3.05) is 19.8 Å². The van der Waals surface area contributed by atoms with Crippen LogP contribution in [0.5, 0.6) is 0 Å². The Labute approximate surface area is 175 Å². The molecule has 3 atom stereocenters. The van der Waals surface area contributed by atoms with Crippen LogP contribution in [0.25, 0.3) is 0 Å². The van der Waals surface area contributed by atoms with Crippen molar-refractivity contribution in [3.8, 4) is 0 Å². The first-order valence-corrected chi connectivity index (χ1v) is 11.4. The monoisotopic (exact) mass is 423 g/mol. The highest BCUT2D eigenvalue weighted by Gasteiger charge is 2.23. The van der Waals surface area contributed by atoms with E-state index >= 15 is 0 Å². The average molecular weight is 424 g/mol. The van der Waals surface area contributed by atoms with Crippen molar-refractivity contribution >= 4 is 0 Å². The molecule has 3 fully saturated rings. The summed E-state index contributed by atoms with van der Waals surface area (Å²) in [6.07, 6.45) is 8.78. The smallest absolute Gasteiger partial charge is 0.336 e. The van der Waals surface area contributed by atoms with Gasteiger partial charge >= 0.3 is 17.1 Å². The number of nitrogens with zero attached hydrogens (tertiary/aromatic N) is 3. The lowest BCUT2D eigenvalue weighted by atomic mass is 10.2. The lowest BCUT2D eigenvalue weighted by Crippen LogP contribution is -2.54. The Morgan fingerprint density at radius 2 is 0.800 bits per heavy atom. The standard InChI is InChI=1S/C21H33N3O6/c25-19-22(10-4-1-7-16-13-28-16)20(26)24(12-6-3-9-18-15-30-18)21(27)23(19)11-5-2-8-17-14-29-17/h16-18H,1-15H2. The van der Waals surface area contributed by atoms with Crippen molar-refractivity contribution in [3.05, 3.63) is 31.5 Å². The van der Waals surface area contributed by atoms with Crippen LogP contribution < -0.4 is 17.1 Å². The third kappa shape index (κ3) is 6.15. The summed E-state index contributed by atoms with van der Waals surface area (Å²) in [5.41, 5.74) is -1.42. The summed E-state index contributed by atoms with van der Waals surface area (Å²) in [5.74, 6) is 0. The fraction of sp³-hybridized carbons (Fsp3) is 0.857. The van der Waals surface area contributed by atoms with Gasteiger partial charge in [0.1, 0.15) is 0 Å². The van der Waals surface area contributed by atoms with Crippen molar-refractivity contribution in [1.82, 2.24) is 13.7 Å². The number of rotatable bonds is 15. The summed E-state index contributed by atoms with van der Waals surface area (Å²) < 4.78 is 19.4. The quantitative estimate of drug-likeness (QED) is 0.306. The maximum Gasteiger partial charge on any atom is 0.336 e. The molecule has 9 nitrogen and oxygen atoms in total. The SMILES string of the molecule is O=c1n(CCCCC2CO2)c(=O)n(CCCCC2CO2)c(=O)n1CCCCC1CO1. The van der Waals surface area contributed by atoms with Gasteiger partial charge in [0.25, 0.3) is 0 Å². The maximum atomic E-state index is 12.9. The van der Waals surface area contributed by atoms with E-state index in [4.69, 9.17) is 14.2 Å². The van der Waals surface area contributed by atoms with Crippen LogP contribution in [-0.4, -0.2) is 51.8 Å². The minimum absolute atomic E-state index is 0.344. The number of hydrogen-bond acceptors (Lipinski definition) is 6. The highest BCUT2D eigenvalue weighted by Crippen LogP contribution is 2.18. The summed E-state index contributed by atoms with van der Waals surface area (Å²) >= 11 is 0. The van der Waals surface area contributed by atoms with Gasteiger partial charge in [0, 0.05) is 19.6 Å². The van der Waals surface area contributed by atoms with Gasteiger partial charge in [-0.3, -0.25) is 0 Å². The molecule has 3 unspecified atom stereocenters. The number of unbranched alkanes of at least 4 members (excludes halogenated alkanes) is 3. The topological polar surface area (TPSA) is 104 Å². The molecule has 4 rings (SSSR count). The Bertz CT molecular complexity index is 732. The molecule has 3 saturated heterocycles. The molecular weight excluding hydrogens is 390 g/mol. The molecule has 0 bridgehead atoms. The molecule has 1 aromatic rings. The summed E-state index contributed by atoms with van der Waals surface area (Å²) in [7, 11) is 0. The normalized spacial score (nSPS) is 24.2. The predicted molar refractivity (Wildman–Crippen MR) is 110 cm³/mol. The van der Waals surface area contributed by atoms with Crippen molar-refractivity contribution < 1.29 is 14.2 Å². The Kier molecular flexibility index (Phi) is 7.22. The molecule has 0 amide bonds. The van der Waals surface area contributed by atoms with Gasteiger partial charge in [0.05, 0.1) is 38.1 Å². The van der Waals surface area contributed by atoms with Crippen LogP contribution in [0.4, 0.5) is 0 Å². The lowest BCUT2D eigenvalue weighted by molar-refractivity contribution is 0.370. The van der Waals surface area contributed by atoms with Gasteiger partial charge in [-0.15, -0.1) is 0 Å². The minimum atomic E-state index is -0.474. The molecule has 3 aliphatic heterocycles. The molecular formula is C21H33N3O6. The van der Waals surface area contributed by atoms with E-state index in [1.165, 1.54) is 13.7 Å². The van der Waals surface area contributed by atoms with Crippen molar-refractivity contribution in [1.29, 1.82) is 0 Å². The van der Waals surface area contributed by atoms with Crippen LogP contribution in [0.1, 0.15) is 57.8 Å². The van der Waals surface area contributed by atoms with Gasteiger partial charge in [0.15, 0.2) is 0 Å². The second kappa shape index (κ2) is 10.1. The Balaban J connectivity index is 1.43. The molecule has 0 N–H and O–H groups in total. The molecule has 0 aromatic carbocycles. The second-order valence-corrected chi connectivity index (χ2v) is 8.66. The first kappa shape index (κ1) is 21.5. The zero-order valence-corrected chi connectivity index (χ0v) is 17.6. The zero-order chi connectivity index (χ0) is 20.9. The molecule has 0 spiro atoms. The Hall–Kier alpha value is -1.71. The largest absolute Gasteiger partial charge is 0.373 e. The fourth-order valence-corrected chi connectivity index (χ4v) is 3.89. The first-order chi connectivity index (χ1) is 14.6. The molecule has 0 radical (unpaired) electrons. The second-order valence-electron chi connectivity index (χ2n) is 8.66. The Morgan fingerprint density at radius 1 is 0.533 bits per heavy atom.